The first kappa shape index (κ1) is 16.4. The van der Waals surface area contributed by atoms with Crippen LogP contribution in [0.1, 0.15) is 25.8 Å². The highest BCUT2D eigenvalue weighted by Crippen LogP contribution is 2.24. The van der Waals surface area contributed by atoms with E-state index in [9.17, 15) is 4.79 Å². The van der Waals surface area contributed by atoms with E-state index >= 15 is 0 Å². The summed E-state index contributed by atoms with van der Waals surface area (Å²) in [6.45, 7) is 4.62. The zero-order valence-electron chi connectivity index (χ0n) is 12.1. The van der Waals surface area contributed by atoms with Crippen LogP contribution < -0.4 is 0 Å². The fourth-order valence-electron chi connectivity index (χ4n) is 1.68. The number of amides is 1. The minimum atomic E-state index is 0.00115. The Morgan fingerprint density at radius 1 is 1.45 bits per heavy atom. The van der Waals surface area contributed by atoms with Gasteiger partial charge in [0, 0.05) is 18.4 Å². The molecule has 0 unspecified atom stereocenters. The van der Waals surface area contributed by atoms with Crippen LogP contribution in [0.15, 0.2) is 35.2 Å². The molecule has 0 saturated carbocycles. The summed E-state index contributed by atoms with van der Waals surface area (Å²) in [7, 11) is 0. The molecule has 2 nitrogen and oxygen atoms in total. The average molecular weight is 287 g/mol. The van der Waals surface area contributed by atoms with Gasteiger partial charge < -0.3 is 4.90 Å². The van der Waals surface area contributed by atoms with Crippen LogP contribution in [0.25, 0.3) is 6.08 Å². The van der Waals surface area contributed by atoms with E-state index in [1.54, 1.807) is 4.90 Å². The molecule has 3 heteroatoms. The van der Waals surface area contributed by atoms with Crippen LogP contribution in [0.2, 0.25) is 0 Å². The highest BCUT2D eigenvalue weighted by Gasteiger charge is 2.04. The summed E-state index contributed by atoms with van der Waals surface area (Å²) >= 11 is 1.86. The molecule has 0 aliphatic rings. The highest BCUT2D eigenvalue weighted by atomic mass is 32.2. The smallest absolute Gasteiger partial charge is 0.220 e. The SMILES string of the molecule is C#CCN(C/C=C/c1ccccc1SCCC)C(C)=O. The maximum absolute atomic E-state index is 11.4. The molecule has 0 aliphatic carbocycles. The van der Waals surface area contributed by atoms with Crippen molar-refractivity contribution < 1.29 is 4.79 Å². The van der Waals surface area contributed by atoms with Crippen molar-refractivity contribution in [2.45, 2.75) is 25.2 Å². The maximum Gasteiger partial charge on any atom is 0.220 e. The van der Waals surface area contributed by atoms with Gasteiger partial charge in [0.15, 0.2) is 0 Å². The van der Waals surface area contributed by atoms with Crippen molar-refractivity contribution in [2.24, 2.45) is 0 Å². The summed E-state index contributed by atoms with van der Waals surface area (Å²) in [4.78, 5) is 14.3. The largest absolute Gasteiger partial charge is 0.328 e. The second-order valence-corrected chi connectivity index (χ2v) is 5.53. The molecule has 0 atom stereocenters. The van der Waals surface area contributed by atoms with Gasteiger partial charge in [-0.2, -0.15) is 0 Å². The molecule has 1 rings (SSSR count). The number of nitrogens with zero attached hydrogens (tertiary/aromatic N) is 1. The van der Waals surface area contributed by atoms with Crippen LogP contribution in [0, 0.1) is 12.3 Å². The molecular formula is C17H21NOS. The number of thioether (sulfide) groups is 1. The molecule has 0 spiro atoms. The van der Waals surface area contributed by atoms with Gasteiger partial charge in [-0.05, 0) is 23.8 Å². The number of hydrogen-bond acceptors (Lipinski definition) is 2. The minimum Gasteiger partial charge on any atom is -0.328 e. The molecule has 0 heterocycles. The molecule has 0 fully saturated rings. The quantitative estimate of drug-likeness (QED) is 0.563. The number of rotatable bonds is 7. The topological polar surface area (TPSA) is 20.3 Å². The van der Waals surface area contributed by atoms with Crippen molar-refractivity contribution in [1.82, 2.24) is 4.90 Å². The van der Waals surface area contributed by atoms with Crippen molar-refractivity contribution in [2.75, 3.05) is 18.8 Å². The molecule has 0 bridgehead atoms. The molecule has 0 aromatic heterocycles. The lowest BCUT2D eigenvalue weighted by atomic mass is 10.2. The van der Waals surface area contributed by atoms with Gasteiger partial charge >= 0.3 is 0 Å². The van der Waals surface area contributed by atoms with Gasteiger partial charge in [-0.3, -0.25) is 4.79 Å². The van der Waals surface area contributed by atoms with Gasteiger partial charge in [0.1, 0.15) is 0 Å². The van der Waals surface area contributed by atoms with Gasteiger partial charge in [0.2, 0.25) is 5.91 Å². The molecule has 0 aliphatic heterocycles. The van der Waals surface area contributed by atoms with Crippen molar-refractivity contribution in [1.29, 1.82) is 0 Å². The fourth-order valence-corrected chi connectivity index (χ4v) is 2.58. The molecule has 1 aromatic carbocycles. The number of terminal acetylenes is 1. The van der Waals surface area contributed by atoms with Gasteiger partial charge in [-0.15, -0.1) is 18.2 Å². The lowest BCUT2D eigenvalue weighted by Crippen LogP contribution is -2.29. The predicted octanol–water partition coefficient (Wildman–Crippen LogP) is 3.68. The Kier molecular flexibility index (Phi) is 7.60. The first-order valence-corrected chi connectivity index (χ1v) is 7.75. The summed E-state index contributed by atoms with van der Waals surface area (Å²) in [6, 6.07) is 8.30. The van der Waals surface area contributed by atoms with Gasteiger partial charge in [0.05, 0.1) is 6.54 Å². The van der Waals surface area contributed by atoms with E-state index in [1.807, 2.05) is 23.9 Å². The van der Waals surface area contributed by atoms with Crippen molar-refractivity contribution >= 4 is 23.7 Å². The Morgan fingerprint density at radius 3 is 2.85 bits per heavy atom. The first-order chi connectivity index (χ1) is 9.69. The first-order valence-electron chi connectivity index (χ1n) is 6.76. The van der Waals surface area contributed by atoms with E-state index in [0.29, 0.717) is 13.1 Å². The Labute approximate surface area is 126 Å². The third-order valence-electron chi connectivity index (χ3n) is 2.73. The van der Waals surface area contributed by atoms with Crippen LogP contribution >= 0.6 is 11.8 Å². The van der Waals surface area contributed by atoms with Crippen molar-refractivity contribution in [3.63, 3.8) is 0 Å². The van der Waals surface area contributed by atoms with E-state index in [-0.39, 0.29) is 5.91 Å². The predicted molar refractivity (Wildman–Crippen MR) is 87.6 cm³/mol. The third kappa shape index (κ3) is 5.54. The number of carbonyl (C=O) groups excluding carboxylic acids is 1. The minimum absolute atomic E-state index is 0.00115. The normalized spacial score (nSPS) is 10.4. The monoisotopic (exact) mass is 287 g/mol. The Morgan fingerprint density at radius 2 is 2.20 bits per heavy atom. The van der Waals surface area contributed by atoms with E-state index in [4.69, 9.17) is 6.42 Å². The van der Waals surface area contributed by atoms with E-state index in [0.717, 1.165) is 12.2 Å². The van der Waals surface area contributed by atoms with Gasteiger partial charge in [0.25, 0.3) is 0 Å². The standard InChI is InChI=1S/C17H21NOS/c1-4-12-18(15(3)19)13-8-10-16-9-6-7-11-17(16)20-14-5-2/h1,6-11H,5,12-14H2,2-3H3/b10-8+. The fraction of sp³-hybridized carbons (Fsp3) is 0.353. The second kappa shape index (κ2) is 9.28. The molecule has 0 radical (unpaired) electrons. The summed E-state index contributed by atoms with van der Waals surface area (Å²) in [5.74, 6) is 3.62. The van der Waals surface area contributed by atoms with Crippen LogP contribution in [0.3, 0.4) is 0 Å². The Balaban J connectivity index is 2.70. The second-order valence-electron chi connectivity index (χ2n) is 4.39. The molecule has 0 saturated heterocycles. The third-order valence-corrected chi connectivity index (χ3v) is 4.03. The van der Waals surface area contributed by atoms with Gasteiger partial charge in [-0.25, -0.2) is 0 Å². The molecule has 1 amide bonds. The zero-order valence-corrected chi connectivity index (χ0v) is 13.0. The van der Waals surface area contributed by atoms with Crippen LogP contribution in [0.5, 0.6) is 0 Å². The highest BCUT2D eigenvalue weighted by molar-refractivity contribution is 7.99. The molecule has 1 aromatic rings. The number of hydrogen-bond donors (Lipinski definition) is 0. The van der Waals surface area contributed by atoms with Gasteiger partial charge in [-0.1, -0.05) is 43.2 Å². The summed E-state index contributed by atoms with van der Waals surface area (Å²) < 4.78 is 0. The van der Waals surface area contributed by atoms with Crippen LogP contribution in [-0.2, 0) is 4.79 Å². The lowest BCUT2D eigenvalue weighted by molar-refractivity contribution is -0.127. The molecule has 20 heavy (non-hydrogen) atoms. The average Bonchev–Trinajstić information content (AvgIpc) is 2.45. The number of benzene rings is 1. The van der Waals surface area contributed by atoms with Crippen LogP contribution in [-0.4, -0.2) is 29.6 Å². The van der Waals surface area contributed by atoms with Crippen molar-refractivity contribution in [3.8, 4) is 12.3 Å². The van der Waals surface area contributed by atoms with Crippen LogP contribution in [0.4, 0.5) is 0 Å². The maximum atomic E-state index is 11.4. The Hall–Kier alpha value is -1.66. The lowest BCUT2D eigenvalue weighted by Gasteiger charge is -2.15. The van der Waals surface area contributed by atoms with E-state index in [1.165, 1.54) is 17.4 Å². The molecule has 106 valence electrons. The van der Waals surface area contributed by atoms with E-state index < -0.39 is 0 Å². The summed E-state index contributed by atoms with van der Waals surface area (Å²) in [5, 5.41) is 0. The molecule has 0 N–H and O–H groups in total. The molecular weight excluding hydrogens is 266 g/mol. The Bertz CT molecular complexity index is 502. The van der Waals surface area contributed by atoms with Crippen molar-refractivity contribution in [3.05, 3.63) is 35.9 Å². The summed E-state index contributed by atoms with van der Waals surface area (Å²) in [6.07, 6.45) is 10.5. The summed E-state index contributed by atoms with van der Waals surface area (Å²) in [5.41, 5.74) is 1.19. The zero-order chi connectivity index (χ0) is 14.8. The number of carbonyl (C=O) groups is 1. The van der Waals surface area contributed by atoms with E-state index in [2.05, 4.69) is 37.1 Å².